The van der Waals surface area contributed by atoms with E-state index in [4.69, 9.17) is 5.73 Å². The van der Waals surface area contributed by atoms with E-state index in [2.05, 4.69) is 28.1 Å². The first kappa shape index (κ1) is 22.3. The second-order valence-electron chi connectivity index (χ2n) is 10.4. The van der Waals surface area contributed by atoms with Gasteiger partial charge in [0.05, 0.1) is 23.0 Å². The number of rotatable bonds is 5. The standard InChI is InChI=1S/C28H29F2N5/c1-16-8-19(10-21(31)9-16)23-6-7-32-14-20(23)13-27-33-15-22-4-5-26(34-35(22)27)28-24(29)11-18(12-25(28)30)17-2-3-17/h4-7,11-12,14-17,19,21H,2-3,8-10,13,31H2,1H3/t16-,19+,21-/m0/s1. The molecule has 3 atom stereocenters. The molecule has 35 heavy (non-hydrogen) atoms. The molecule has 180 valence electrons. The summed E-state index contributed by atoms with van der Waals surface area (Å²) in [5, 5.41) is 4.61. The van der Waals surface area contributed by atoms with Crippen LogP contribution in [0.1, 0.15) is 73.4 Å². The predicted octanol–water partition coefficient (Wildman–Crippen LogP) is 5.77. The molecule has 0 spiro atoms. The zero-order valence-electron chi connectivity index (χ0n) is 19.8. The minimum atomic E-state index is -0.572. The molecule has 4 aromatic rings. The second-order valence-corrected chi connectivity index (χ2v) is 10.4. The number of nitrogens with two attached hydrogens (primary N) is 1. The predicted molar refractivity (Wildman–Crippen MR) is 131 cm³/mol. The summed E-state index contributed by atoms with van der Waals surface area (Å²) in [6.07, 6.45) is 11.1. The highest BCUT2D eigenvalue weighted by atomic mass is 19.1. The molecule has 3 aromatic heterocycles. The van der Waals surface area contributed by atoms with Gasteiger partial charge in [-0.3, -0.25) is 4.98 Å². The van der Waals surface area contributed by atoms with Crippen LogP contribution >= 0.6 is 0 Å². The molecular weight excluding hydrogens is 444 g/mol. The lowest BCUT2D eigenvalue weighted by molar-refractivity contribution is 0.307. The van der Waals surface area contributed by atoms with Crippen molar-refractivity contribution >= 4 is 5.52 Å². The van der Waals surface area contributed by atoms with Crippen LogP contribution in [0.4, 0.5) is 8.78 Å². The van der Waals surface area contributed by atoms with Crippen molar-refractivity contribution in [2.45, 2.75) is 63.3 Å². The largest absolute Gasteiger partial charge is 0.328 e. The van der Waals surface area contributed by atoms with Gasteiger partial charge in [-0.1, -0.05) is 6.92 Å². The van der Waals surface area contributed by atoms with Gasteiger partial charge in [-0.2, -0.15) is 5.10 Å². The van der Waals surface area contributed by atoms with Gasteiger partial charge in [0.1, 0.15) is 17.5 Å². The molecule has 0 radical (unpaired) electrons. The highest BCUT2D eigenvalue weighted by Gasteiger charge is 2.28. The molecule has 0 amide bonds. The molecule has 0 aliphatic heterocycles. The number of halogens is 2. The molecule has 2 N–H and O–H groups in total. The topological polar surface area (TPSA) is 69.1 Å². The first-order valence-corrected chi connectivity index (χ1v) is 12.5. The summed E-state index contributed by atoms with van der Waals surface area (Å²) in [4.78, 5) is 8.96. The van der Waals surface area contributed by atoms with Crippen molar-refractivity contribution < 1.29 is 8.78 Å². The zero-order chi connectivity index (χ0) is 24.1. The Morgan fingerprint density at radius 2 is 1.80 bits per heavy atom. The number of fused-ring (bicyclic) bond motifs is 1. The number of pyridine rings is 1. The van der Waals surface area contributed by atoms with Gasteiger partial charge in [-0.15, -0.1) is 0 Å². The average molecular weight is 474 g/mol. The molecule has 0 bridgehead atoms. The quantitative estimate of drug-likeness (QED) is 0.400. The number of aromatic nitrogens is 4. The Morgan fingerprint density at radius 3 is 2.54 bits per heavy atom. The van der Waals surface area contributed by atoms with Gasteiger partial charge in [0.25, 0.3) is 0 Å². The lowest BCUT2D eigenvalue weighted by Gasteiger charge is -2.32. The summed E-state index contributed by atoms with van der Waals surface area (Å²) in [5.41, 5.74) is 10.3. The van der Waals surface area contributed by atoms with E-state index in [-0.39, 0.29) is 23.2 Å². The Labute approximate surface area is 203 Å². The second kappa shape index (κ2) is 8.79. The van der Waals surface area contributed by atoms with Crippen LogP contribution in [0.3, 0.4) is 0 Å². The highest BCUT2D eigenvalue weighted by molar-refractivity contribution is 5.63. The van der Waals surface area contributed by atoms with Crippen molar-refractivity contribution in [3.05, 3.63) is 83.1 Å². The van der Waals surface area contributed by atoms with E-state index < -0.39 is 11.6 Å². The van der Waals surface area contributed by atoms with Crippen LogP contribution in [0.15, 0.2) is 48.9 Å². The molecule has 5 nitrogen and oxygen atoms in total. The highest BCUT2D eigenvalue weighted by Crippen LogP contribution is 2.42. The van der Waals surface area contributed by atoms with E-state index >= 15 is 0 Å². The fourth-order valence-corrected chi connectivity index (χ4v) is 5.74. The maximum absolute atomic E-state index is 15.0. The van der Waals surface area contributed by atoms with E-state index in [0.29, 0.717) is 24.1 Å². The Balaban J connectivity index is 1.35. The van der Waals surface area contributed by atoms with Gasteiger partial charge in [-0.05, 0) is 96.9 Å². The van der Waals surface area contributed by atoms with Crippen LogP contribution in [0.25, 0.3) is 16.8 Å². The SMILES string of the molecule is C[C@@H]1C[C@H](N)C[C@H](c2ccncc2Cc2ncc3ccc(-c4c(F)cc(C5CC5)cc4F)nn23)C1. The van der Waals surface area contributed by atoms with Gasteiger partial charge in [0.15, 0.2) is 0 Å². The van der Waals surface area contributed by atoms with Crippen molar-refractivity contribution in [3.63, 3.8) is 0 Å². The minimum Gasteiger partial charge on any atom is -0.328 e. The summed E-state index contributed by atoms with van der Waals surface area (Å²) < 4.78 is 31.6. The van der Waals surface area contributed by atoms with Gasteiger partial charge < -0.3 is 5.73 Å². The van der Waals surface area contributed by atoms with E-state index in [0.717, 1.165) is 48.7 Å². The smallest absolute Gasteiger partial charge is 0.135 e. The van der Waals surface area contributed by atoms with Crippen LogP contribution in [-0.4, -0.2) is 25.6 Å². The lowest BCUT2D eigenvalue weighted by atomic mass is 9.75. The molecule has 2 fully saturated rings. The Morgan fingerprint density at radius 1 is 1.00 bits per heavy atom. The molecular formula is C28H29F2N5. The average Bonchev–Trinajstić information content (AvgIpc) is 3.60. The van der Waals surface area contributed by atoms with Crippen molar-refractivity contribution in [2.75, 3.05) is 0 Å². The van der Waals surface area contributed by atoms with Gasteiger partial charge >= 0.3 is 0 Å². The maximum Gasteiger partial charge on any atom is 0.135 e. The molecule has 2 aliphatic carbocycles. The number of nitrogens with zero attached hydrogens (tertiary/aromatic N) is 4. The van der Waals surface area contributed by atoms with Crippen LogP contribution in [-0.2, 0) is 6.42 Å². The molecule has 1 aromatic carbocycles. The van der Waals surface area contributed by atoms with Crippen molar-refractivity contribution in [1.82, 2.24) is 19.6 Å². The van der Waals surface area contributed by atoms with E-state index in [1.807, 2.05) is 12.4 Å². The lowest BCUT2D eigenvalue weighted by Crippen LogP contribution is -2.31. The summed E-state index contributed by atoms with van der Waals surface area (Å²) in [6.45, 7) is 2.26. The van der Waals surface area contributed by atoms with Gasteiger partial charge in [0.2, 0.25) is 0 Å². The normalized spacial score (nSPS) is 22.6. The third-order valence-electron chi connectivity index (χ3n) is 7.53. The minimum absolute atomic E-state index is 0.0943. The Kier molecular flexibility index (Phi) is 5.60. The molecule has 6 rings (SSSR count). The molecule has 0 unspecified atom stereocenters. The zero-order valence-corrected chi connectivity index (χ0v) is 19.8. The fraction of sp³-hybridized carbons (Fsp3) is 0.393. The number of benzene rings is 1. The molecule has 2 saturated carbocycles. The Bertz CT molecular complexity index is 1360. The fourth-order valence-electron chi connectivity index (χ4n) is 5.74. The van der Waals surface area contributed by atoms with Crippen molar-refractivity contribution in [3.8, 4) is 11.3 Å². The monoisotopic (exact) mass is 473 g/mol. The number of hydrogen-bond acceptors (Lipinski definition) is 4. The summed E-state index contributed by atoms with van der Waals surface area (Å²) in [5.74, 6) is 0.807. The van der Waals surface area contributed by atoms with Gasteiger partial charge in [-0.25, -0.2) is 18.3 Å². The van der Waals surface area contributed by atoms with Crippen molar-refractivity contribution in [1.29, 1.82) is 0 Å². The summed E-state index contributed by atoms with van der Waals surface area (Å²) in [6, 6.07) is 8.66. The van der Waals surface area contributed by atoms with Crippen LogP contribution < -0.4 is 5.73 Å². The molecule has 0 saturated heterocycles. The van der Waals surface area contributed by atoms with Crippen LogP contribution in [0, 0.1) is 17.6 Å². The summed E-state index contributed by atoms with van der Waals surface area (Å²) >= 11 is 0. The third kappa shape index (κ3) is 4.33. The first-order valence-electron chi connectivity index (χ1n) is 12.5. The van der Waals surface area contributed by atoms with E-state index in [9.17, 15) is 8.78 Å². The first-order chi connectivity index (χ1) is 17.0. The number of imidazole rings is 1. The van der Waals surface area contributed by atoms with E-state index in [1.54, 1.807) is 22.8 Å². The summed E-state index contributed by atoms with van der Waals surface area (Å²) in [7, 11) is 0. The van der Waals surface area contributed by atoms with Crippen LogP contribution in [0.5, 0.6) is 0 Å². The van der Waals surface area contributed by atoms with Crippen molar-refractivity contribution in [2.24, 2.45) is 11.7 Å². The molecule has 2 aliphatic rings. The van der Waals surface area contributed by atoms with Crippen LogP contribution in [0.2, 0.25) is 0 Å². The Hall–Kier alpha value is -3.19. The maximum atomic E-state index is 15.0. The van der Waals surface area contributed by atoms with E-state index in [1.165, 1.54) is 17.7 Å². The van der Waals surface area contributed by atoms with Gasteiger partial charge in [0, 0.05) is 24.9 Å². The molecule has 3 heterocycles. The number of hydrogen-bond donors (Lipinski definition) is 1. The molecule has 7 heteroatoms. The third-order valence-corrected chi connectivity index (χ3v) is 7.53.